The van der Waals surface area contributed by atoms with Gasteiger partial charge in [-0.2, -0.15) is 0 Å². The molecule has 0 nitrogen and oxygen atoms in total. The summed E-state index contributed by atoms with van der Waals surface area (Å²) in [5, 5.41) is 0. The second kappa shape index (κ2) is 21.7. The van der Waals surface area contributed by atoms with Crippen molar-refractivity contribution in [1.29, 1.82) is 0 Å². The molecule has 180 valence electrons. The SMILES string of the molecule is C#CCCCCCCCc1cc(CCCCCCCC#C)cc(CCCCCCCC#C)c1. The molecule has 0 aromatic heterocycles. The van der Waals surface area contributed by atoms with E-state index in [1.54, 1.807) is 16.7 Å². The van der Waals surface area contributed by atoms with E-state index in [1.165, 1.54) is 116 Å². The molecule has 0 atom stereocenters. The third-order valence-electron chi connectivity index (χ3n) is 6.47. The van der Waals surface area contributed by atoms with E-state index >= 15 is 0 Å². The lowest BCUT2D eigenvalue weighted by Gasteiger charge is -2.11. The van der Waals surface area contributed by atoms with Gasteiger partial charge in [-0.15, -0.1) is 37.0 Å². The Kier molecular flexibility index (Phi) is 19.1. The molecule has 0 saturated carbocycles. The topological polar surface area (TPSA) is 0 Å². The zero-order valence-corrected chi connectivity index (χ0v) is 21.3. The van der Waals surface area contributed by atoms with Crippen LogP contribution in [0, 0.1) is 37.0 Å². The fraction of sp³-hybridized carbons (Fsp3) is 0.636. The normalized spacial score (nSPS) is 10.5. The van der Waals surface area contributed by atoms with Crippen LogP contribution in [0.2, 0.25) is 0 Å². The monoisotopic (exact) mass is 444 g/mol. The highest BCUT2D eigenvalue weighted by Gasteiger charge is 2.04. The predicted molar refractivity (Wildman–Crippen MR) is 147 cm³/mol. The van der Waals surface area contributed by atoms with Crippen molar-refractivity contribution in [1.82, 2.24) is 0 Å². The number of aryl methyl sites for hydroxylation is 3. The van der Waals surface area contributed by atoms with Crippen molar-refractivity contribution in [2.24, 2.45) is 0 Å². The molecule has 0 bridgehead atoms. The first-order chi connectivity index (χ1) is 16.3. The highest BCUT2D eigenvalue weighted by molar-refractivity contribution is 5.30. The maximum absolute atomic E-state index is 5.35. The van der Waals surface area contributed by atoms with Gasteiger partial charge in [-0.1, -0.05) is 76.0 Å². The number of unbranched alkanes of at least 4 members (excludes halogenated alkanes) is 15. The van der Waals surface area contributed by atoms with Crippen LogP contribution in [0.15, 0.2) is 18.2 Å². The minimum atomic E-state index is 0.930. The van der Waals surface area contributed by atoms with Gasteiger partial charge in [0.15, 0.2) is 0 Å². The fourth-order valence-corrected chi connectivity index (χ4v) is 4.53. The van der Waals surface area contributed by atoms with Gasteiger partial charge in [0.25, 0.3) is 0 Å². The molecule has 1 aromatic rings. The van der Waals surface area contributed by atoms with E-state index in [4.69, 9.17) is 19.3 Å². The molecular formula is C33H48. The van der Waals surface area contributed by atoms with Crippen molar-refractivity contribution in [3.05, 3.63) is 34.9 Å². The summed E-state index contributed by atoms with van der Waals surface area (Å²) in [5.41, 5.74) is 4.65. The van der Waals surface area contributed by atoms with Gasteiger partial charge in [-0.05, 0) is 74.5 Å². The molecule has 0 amide bonds. The summed E-state index contributed by atoms with van der Waals surface area (Å²) in [6.07, 6.45) is 41.6. The average Bonchev–Trinajstić information content (AvgIpc) is 2.82. The molecule has 1 aromatic carbocycles. The molecule has 0 fully saturated rings. The third kappa shape index (κ3) is 17.1. The number of hydrogen-bond acceptors (Lipinski definition) is 0. The molecule has 0 heteroatoms. The Hall–Kier alpha value is -2.10. The van der Waals surface area contributed by atoms with Crippen LogP contribution < -0.4 is 0 Å². The zero-order chi connectivity index (χ0) is 23.8. The number of benzene rings is 1. The van der Waals surface area contributed by atoms with E-state index in [2.05, 4.69) is 36.0 Å². The van der Waals surface area contributed by atoms with Gasteiger partial charge >= 0.3 is 0 Å². The molecule has 0 unspecified atom stereocenters. The second-order valence-corrected chi connectivity index (χ2v) is 9.57. The molecule has 0 heterocycles. The number of rotatable bonds is 21. The second-order valence-electron chi connectivity index (χ2n) is 9.57. The van der Waals surface area contributed by atoms with Crippen molar-refractivity contribution in [3.63, 3.8) is 0 Å². The van der Waals surface area contributed by atoms with E-state index in [9.17, 15) is 0 Å². The summed E-state index contributed by atoms with van der Waals surface area (Å²) in [6.45, 7) is 0. The minimum absolute atomic E-state index is 0.930. The molecule has 1 rings (SSSR count). The Morgan fingerprint density at radius 2 is 0.606 bits per heavy atom. The molecule has 0 saturated heterocycles. The molecule has 0 spiro atoms. The maximum atomic E-state index is 5.35. The lowest BCUT2D eigenvalue weighted by atomic mass is 9.95. The van der Waals surface area contributed by atoms with Crippen LogP contribution in [-0.4, -0.2) is 0 Å². The standard InChI is InChI=1S/C33H48/c1-4-7-10-13-16-19-22-25-31-28-32(26-23-20-17-14-11-8-5-2)30-33(29-31)27-24-21-18-15-12-9-6-3/h1-3,28-30H,7-27H2. The van der Waals surface area contributed by atoms with Gasteiger partial charge in [0.05, 0.1) is 0 Å². The molecule has 0 radical (unpaired) electrons. The molecular weight excluding hydrogens is 396 g/mol. The van der Waals surface area contributed by atoms with Crippen LogP contribution in [0.25, 0.3) is 0 Å². The predicted octanol–water partition coefficient (Wildman–Crippen LogP) is 9.24. The van der Waals surface area contributed by atoms with Gasteiger partial charge in [0.2, 0.25) is 0 Å². The first kappa shape index (κ1) is 28.9. The van der Waals surface area contributed by atoms with Crippen molar-refractivity contribution >= 4 is 0 Å². The summed E-state index contributed by atoms with van der Waals surface area (Å²) >= 11 is 0. The van der Waals surface area contributed by atoms with E-state index < -0.39 is 0 Å². The van der Waals surface area contributed by atoms with E-state index in [0.29, 0.717) is 0 Å². The van der Waals surface area contributed by atoms with Gasteiger partial charge in [0.1, 0.15) is 0 Å². The first-order valence-electron chi connectivity index (χ1n) is 13.7. The van der Waals surface area contributed by atoms with Crippen LogP contribution in [0.3, 0.4) is 0 Å². The molecule has 33 heavy (non-hydrogen) atoms. The van der Waals surface area contributed by atoms with Crippen molar-refractivity contribution in [2.45, 2.75) is 135 Å². The summed E-state index contributed by atoms with van der Waals surface area (Å²) in [4.78, 5) is 0. The van der Waals surface area contributed by atoms with Crippen LogP contribution in [0.5, 0.6) is 0 Å². The fourth-order valence-electron chi connectivity index (χ4n) is 4.53. The third-order valence-corrected chi connectivity index (χ3v) is 6.47. The number of terminal acetylenes is 3. The summed E-state index contributed by atoms with van der Waals surface area (Å²) < 4.78 is 0. The first-order valence-corrected chi connectivity index (χ1v) is 13.7. The largest absolute Gasteiger partial charge is 0.120 e. The van der Waals surface area contributed by atoms with Crippen LogP contribution in [0.4, 0.5) is 0 Å². The van der Waals surface area contributed by atoms with E-state index in [1.807, 2.05) is 0 Å². The van der Waals surface area contributed by atoms with Crippen molar-refractivity contribution in [2.75, 3.05) is 0 Å². The lowest BCUT2D eigenvalue weighted by molar-refractivity contribution is 0.613. The Morgan fingerprint density at radius 1 is 0.364 bits per heavy atom. The summed E-state index contributed by atoms with van der Waals surface area (Å²) in [6, 6.07) is 7.46. The molecule has 0 aliphatic rings. The van der Waals surface area contributed by atoms with Gasteiger partial charge < -0.3 is 0 Å². The van der Waals surface area contributed by atoms with Gasteiger partial charge in [-0.3, -0.25) is 0 Å². The average molecular weight is 445 g/mol. The molecule has 0 N–H and O–H groups in total. The Labute approximate surface area is 206 Å². The Morgan fingerprint density at radius 3 is 0.879 bits per heavy atom. The van der Waals surface area contributed by atoms with Crippen LogP contribution in [0.1, 0.15) is 132 Å². The Bertz CT molecular complexity index is 606. The molecule has 0 aliphatic heterocycles. The lowest BCUT2D eigenvalue weighted by Crippen LogP contribution is -1.96. The van der Waals surface area contributed by atoms with E-state index in [0.717, 1.165) is 19.3 Å². The van der Waals surface area contributed by atoms with Crippen LogP contribution >= 0.6 is 0 Å². The van der Waals surface area contributed by atoms with Crippen molar-refractivity contribution < 1.29 is 0 Å². The molecule has 0 aliphatic carbocycles. The highest BCUT2D eigenvalue weighted by Crippen LogP contribution is 2.19. The van der Waals surface area contributed by atoms with E-state index in [-0.39, 0.29) is 0 Å². The zero-order valence-electron chi connectivity index (χ0n) is 21.3. The van der Waals surface area contributed by atoms with Crippen molar-refractivity contribution in [3.8, 4) is 37.0 Å². The minimum Gasteiger partial charge on any atom is -0.120 e. The summed E-state index contributed by atoms with van der Waals surface area (Å²) in [7, 11) is 0. The smallest absolute Gasteiger partial charge is 0.00860 e. The highest BCUT2D eigenvalue weighted by atomic mass is 14.1. The van der Waals surface area contributed by atoms with Gasteiger partial charge in [0, 0.05) is 19.3 Å². The quantitative estimate of drug-likeness (QED) is 0.131. The Balaban J connectivity index is 2.46. The maximum Gasteiger partial charge on any atom is 0.00860 e. The van der Waals surface area contributed by atoms with Gasteiger partial charge in [-0.25, -0.2) is 0 Å². The number of hydrogen-bond donors (Lipinski definition) is 0. The summed E-state index contributed by atoms with van der Waals surface area (Å²) in [5.74, 6) is 8.24. The van der Waals surface area contributed by atoms with Crippen LogP contribution in [-0.2, 0) is 19.3 Å².